The third-order valence-electron chi connectivity index (χ3n) is 3.36. The van der Waals surface area contributed by atoms with Gasteiger partial charge < -0.3 is 25.1 Å². The summed E-state index contributed by atoms with van der Waals surface area (Å²) in [5.41, 5.74) is 0.424. The van der Waals surface area contributed by atoms with Gasteiger partial charge in [-0.15, -0.1) is 0 Å². The SMILES string of the molecule is CN=C(NCC(=O)NCc1ccco1)NCc1cc(Cl)ccc1OC(F)F. The first kappa shape index (κ1) is 20.5. The van der Waals surface area contributed by atoms with E-state index in [0.29, 0.717) is 22.3 Å². The third-order valence-corrected chi connectivity index (χ3v) is 3.60. The van der Waals surface area contributed by atoms with Gasteiger partial charge in [-0.25, -0.2) is 0 Å². The number of amides is 1. The van der Waals surface area contributed by atoms with E-state index in [1.165, 1.54) is 31.5 Å². The van der Waals surface area contributed by atoms with Gasteiger partial charge in [-0.2, -0.15) is 8.78 Å². The standard InChI is InChI=1S/C17H19ClF2N4O3/c1-21-17(24-10-15(25)22-9-13-3-2-6-26-13)23-8-11-7-12(18)4-5-14(11)27-16(19)20/h2-7,16H,8-10H2,1H3,(H,22,25)(H2,21,23,24). The molecule has 0 unspecified atom stereocenters. The number of hydrogen-bond acceptors (Lipinski definition) is 4. The van der Waals surface area contributed by atoms with Crippen molar-refractivity contribution in [2.75, 3.05) is 13.6 Å². The topological polar surface area (TPSA) is 87.9 Å². The molecule has 1 aromatic carbocycles. The highest BCUT2D eigenvalue weighted by atomic mass is 35.5. The summed E-state index contributed by atoms with van der Waals surface area (Å²) in [5, 5.41) is 8.79. The maximum Gasteiger partial charge on any atom is 0.387 e. The number of benzene rings is 1. The summed E-state index contributed by atoms with van der Waals surface area (Å²) in [5.74, 6) is 0.692. The lowest BCUT2D eigenvalue weighted by molar-refractivity contribution is -0.120. The lowest BCUT2D eigenvalue weighted by Gasteiger charge is -2.14. The van der Waals surface area contributed by atoms with Crippen molar-refractivity contribution in [1.29, 1.82) is 0 Å². The minimum Gasteiger partial charge on any atom is -0.467 e. The van der Waals surface area contributed by atoms with E-state index in [4.69, 9.17) is 16.0 Å². The Balaban J connectivity index is 1.83. The molecule has 1 heterocycles. The quantitative estimate of drug-likeness (QED) is 0.468. The van der Waals surface area contributed by atoms with Crippen LogP contribution in [0.15, 0.2) is 46.0 Å². The lowest BCUT2D eigenvalue weighted by atomic mass is 10.2. The number of alkyl halides is 2. The van der Waals surface area contributed by atoms with Crippen molar-refractivity contribution >= 4 is 23.5 Å². The van der Waals surface area contributed by atoms with Crippen LogP contribution in [0, 0.1) is 0 Å². The third kappa shape index (κ3) is 7.14. The summed E-state index contributed by atoms with van der Waals surface area (Å²) in [6, 6.07) is 7.81. The first-order chi connectivity index (χ1) is 13.0. The van der Waals surface area contributed by atoms with Gasteiger partial charge in [-0.3, -0.25) is 9.79 Å². The Hall–Kier alpha value is -2.81. The summed E-state index contributed by atoms with van der Waals surface area (Å²) >= 11 is 5.91. The van der Waals surface area contributed by atoms with E-state index in [-0.39, 0.29) is 31.3 Å². The molecule has 0 saturated carbocycles. The van der Waals surface area contributed by atoms with Crippen molar-refractivity contribution in [2.24, 2.45) is 4.99 Å². The van der Waals surface area contributed by atoms with Crippen LogP contribution >= 0.6 is 11.6 Å². The molecule has 0 spiro atoms. The van der Waals surface area contributed by atoms with E-state index >= 15 is 0 Å². The number of carbonyl (C=O) groups is 1. The molecule has 0 fully saturated rings. The number of rotatable bonds is 8. The number of aliphatic imine (C=N–C) groups is 1. The minimum atomic E-state index is -2.94. The predicted molar refractivity (Wildman–Crippen MR) is 96.8 cm³/mol. The summed E-state index contributed by atoms with van der Waals surface area (Å²) < 4.78 is 34.6. The molecular formula is C17H19ClF2N4O3. The van der Waals surface area contributed by atoms with E-state index in [0.717, 1.165) is 0 Å². The normalized spacial score (nSPS) is 11.4. The zero-order valence-electron chi connectivity index (χ0n) is 14.5. The van der Waals surface area contributed by atoms with Crippen LogP contribution in [0.5, 0.6) is 5.75 Å². The Morgan fingerprint density at radius 3 is 2.74 bits per heavy atom. The first-order valence-electron chi connectivity index (χ1n) is 7.94. The average Bonchev–Trinajstić information content (AvgIpc) is 3.15. The van der Waals surface area contributed by atoms with Gasteiger partial charge >= 0.3 is 6.61 Å². The van der Waals surface area contributed by atoms with Crippen molar-refractivity contribution < 1.29 is 22.7 Å². The molecule has 0 bridgehead atoms. The Labute approximate surface area is 159 Å². The van der Waals surface area contributed by atoms with Gasteiger partial charge in [0.2, 0.25) is 5.91 Å². The fourth-order valence-corrected chi connectivity index (χ4v) is 2.32. The van der Waals surface area contributed by atoms with Gasteiger partial charge in [0, 0.05) is 24.2 Å². The zero-order chi connectivity index (χ0) is 19.6. The number of nitrogens with one attached hydrogen (secondary N) is 3. The highest BCUT2D eigenvalue weighted by Gasteiger charge is 2.11. The number of carbonyl (C=O) groups excluding carboxylic acids is 1. The van der Waals surface area contributed by atoms with Crippen LogP contribution in [0.2, 0.25) is 5.02 Å². The van der Waals surface area contributed by atoms with Gasteiger partial charge in [0.25, 0.3) is 0 Å². The summed E-state index contributed by atoms with van der Waals surface area (Å²) in [6.07, 6.45) is 1.52. The molecule has 0 saturated heterocycles. The van der Waals surface area contributed by atoms with Crippen molar-refractivity contribution in [2.45, 2.75) is 19.7 Å². The number of hydrogen-bond donors (Lipinski definition) is 3. The van der Waals surface area contributed by atoms with E-state index < -0.39 is 6.61 Å². The van der Waals surface area contributed by atoms with Crippen LogP contribution in [0.25, 0.3) is 0 Å². The van der Waals surface area contributed by atoms with Gasteiger partial charge in [-0.05, 0) is 30.3 Å². The van der Waals surface area contributed by atoms with E-state index in [9.17, 15) is 13.6 Å². The maximum atomic E-state index is 12.5. The Kier molecular flexibility index (Phi) is 7.87. The summed E-state index contributed by atoms with van der Waals surface area (Å²) in [4.78, 5) is 15.8. The van der Waals surface area contributed by atoms with E-state index in [1.54, 1.807) is 12.1 Å². The van der Waals surface area contributed by atoms with Gasteiger partial charge in [-0.1, -0.05) is 11.6 Å². The molecule has 1 aromatic heterocycles. The Bertz CT molecular complexity index is 770. The number of guanidine groups is 1. The second-order valence-corrected chi connectivity index (χ2v) is 5.70. The van der Waals surface area contributed by atoms with Gasteiger partial charge in [0.1, 0.15) is 11.5 Å². The molecule has 0 aliphatic heterocycles. The van der Waals surface area contributed by atoms with Crippen LogP contribution in [0.4, 0.5) is 8.78 Å². The molecule has 2 rings (SSSR count). The van der Waals surface area contributed by atoms with Crippen molar-refractivity contribution in [3.05, 3.63) is 52.9 Å². The van der Waals surface area contributed by atoms with Gasteiger partial charge in [0.05, 0.1) is 19.4 Å². The molecule has 0 aliphatic carbocycles. The van der Waals surface area contributed by atoms with Crippen molar-refractivity contribution in [1.82, 2.24) is 16.0 Å². The first-order valence-corrected chi connectivity index (χ1v) is 8.32. The second-order valence-electron chi connectivity index (χ2n) is 5.27. The van der Waals surface area contributed by atoms with Crippen LogP contribution in [0.3, 0.4) is 0 Å². The molecule has 0 aliphatic rings. The molecule has 0 atom stereocenters. The molecular weight excluding hydrogens is 382 g/mol. The summed E-state index contributed by atoms with van der Waals surface area (Å²) in [6.45, 7) is -2.58. The second kappa shape index (κ2) is 10.4. The average molecular weight is 401 g/mol. The van der Waals surface area contributed by atoms with E-state index in [2.05, 4.69) is 25.7 Å². The Morgan fingerprint density at radius 2 is 2.07 bits per heavy atom. The molecule has 10 heteroatoms. The van der Waals surface area contributed by atoms with Crippen LogP contribution < -0.4 is 20.7 Å². The smallest absolute Gasteiger partial charge is 0.387 e. The number of nitrogens with zero attached hydrogens (tertiary/aromatic N) is 1. The van der Waals surface area contributed by atoms with Crippen LogP contribution in [-0.2, 0) is 17.9 Å². The molecule has 146 valence electrons. The number of halogens is 3. The van der Waals surface area contributed by atoms with Crippen molar-refractivity contribution in [3.8, 4) is 5.75 Å². The molecule has 1 amide bonds. The zero-order valence-corrected chi connectivity index (χ0v) is 15.2. The van der Waals surface area contributed by atoms with E-state index in [1.807, 2.05) is 0 Å². The van der Waals surface area contributed by atoms with Crippen molar-refractivity contribution in [3.63, 3.8) is 0 Å². The molecule has 27 heavy (non-hydrogen) atoms. The molecule has 7 nitrogen and oxygen atoms in total. The fraction of sp³-hybridized carbons (Fsp3) is 0.294. The predicted octanol–water partition coefficient (Wildman–Crippen LogP) is 2.52. The molecule has 0 radical (unpaired) electrons. The maximum absolute atomic E-state index is 12.5. The fourth-order valence-electron chi connectivity index (χ4n) is 2.12. The van der Waals surface area contributed by atoms with Gasteiger partial charge in [0.15, 0.2) is 5.96 Å². The monoisotopic (exact) mass is 400 g/mol. The highest BCUT2D eigenvalue weighted by Crippen LogP contribution is 2.24. The molecule has 3 N–H and O–H groups in total. The molecule has 2 aromatic rings. The number of furan rings is 1. The highest BCUT2D eigenvalue weighted by molar-refractivity contribution is 6.30. The Morgan fingerprint density at radius 1 is 1.26 bits per heavy atom. The lowest BCUT2D eigenvalue weighted by Crippen LogP contribution is -2.42. The van der Waals surface area contributed by atoms with Crippen LogP contribution in [0.1, 0.15) is 11.3 Å². The minimum absolute atomic E-state index is 0.00791. The summed E-state index contributed by atoms with van der Waals surface area (Å²) in [7, 11) is 1.52. The number of ether oxygens (including phenoxy) is 1. The van der Waals surface area contributed by atoms with Crippen LogP contribution in [-0.4, -0.2) is 32.1 Å². The largest absolute Gasteiger partial charge is 0.467 e.